The highest BCUT2D eigenvalue weighted by molar-refractivity contribution is 7.15. The fraction of sp³-hybridized carbons (Fsp3) is 0.400. The zero-order valence-electron chi connectivity index (χ0n) is 13.0. The molecule has 1 aromatic carbocycles. The molecule has 0 fully saturated rings. The number of aryl methyl sites for hydroxylation is 1. The number of hydrogen-bond acceptors (Lipinski definition) is 6. The molecule has 0 bridgehead atoms. The minimum Gasteiger partial charge on any atom is -0.374 e. The Balaban J connectivity index is 1.98. The maximum atomic E-state index is 12.5. The van der Waals surface area contributed by atoms with Crippen LogP contribution in [0.15, 0.2) is 24.3 Å². The Morgan fingerprint density at radius 2 is 2.18 bits per heavy atom. The average molecular weight is 319 g/mol. The molecule has 22 heavy (non-hydrogen) atoms. The fourth-order valence-electron chi connectivity index (χ4n) is 2.28. The molecule has 2 rings (SSSR count). The molecule has 0 radical (unpaired) electrons. The summed E-state index contributed by atoms with van der Waals surface area (Å²) in [5.41, 5.74) is 7.67. The first-order valence-corrected chi connectivity index (χ1v) is 7.87. The smallest absolute Gasteiger partial charge is 0.241 e. The maximum absolute atomic E-state index is 12.5. The van der Waals surface area contributed by atoms with Gasteiger partial charge in [-0.3, -0.25) is 9.69 Å². The molecule has 0 spiro atoms. The van der Waals surface area contributed by atoms with Crippen LogP contribution in [0.1, 0.15) is 22.2 Å². The first kappa shape index (κ1) is 16.4. The molecule has 0 aliphatic carbocycles. The van der Waals surface area contributed by atoms with Gasteiger partial charge in [-0.05, 0) is 26.6 Å². The number of nitrogens with one attached hydrogen (secondary N) is 1. The first-order valence-electron chi connectivity index (χ1n) is 7.06. The molecule has 1 heterocycles. The minimum atomic E-state index is -0.306. The molecule has 1 amide bonds. The van der Waals surface area contributed by atoms with Gasteiger partial charge < -0.3 is 11.1 Å². The van der Waals surface area contributed by atoms with Crippen molar-refractivity contribution in [3.63, 3.8) is 0 Å². The van der Waals surface area contributed by atoms with Gasteiger partial charge in [0.2, 0.25) is 11.0 Å². The second-order valence-electron chi connectivity index (χ2n) is 5.36. The van der Waals surface area contributed by atoms with Crippen LogP contribution < -0.4 is 11.1 Å². The molecule has 1 aromatic heterocycles. The van der Waals surface area contributed by atoms with Gasteiger partial charge >= 0.3 is 0 Å². The number of likely N-dealkylation sites (N-methyl/N-ethyl adjacent to an activating group) is 1. The standard InChI is InChI=1S/C15H21N5OS/c1-10-5-4-6-11(9-10)13(20(2)3)14(21)17-8-7-12-18-19-15(16)22-12/h4-6,9,13H,7-8H2,1-3H3,(H2,16,19)(H,17,21)/t13-/m1/s1. The van der Waals surface area contributed by atoms with E-state index in [-0.39, 0.29) is 11.9 Å². The molecule has 0 saturated carbocycles. The molecule has 0 aliphatic rings. The number of benzene rings is 1. The van der Waals surface area contributed by atoms with Crippen molar-refractivity contribution in [3.8, 4) is 0 Å². The largest absolute Gasteiger partial charge is 0.374 e. The van der Waals surface area contributed by atoms with E-state index in [1.54, 1.807) is 0 Å². The van der Waals surface area contributed by atoms with E-state index < -0.39 is 0 Å². The SMILES string of the molecule is Cc1cccc([C@H](C(=O)NCCc2nnc(N)s2)N(C)C)c1. The summed E-state index contributed by atoms with van der Waals surface area (Å²) >= 11 is 1.35. The predicted molar refractivity (Wildman–Crippen MR) is 88.6 cm³/mol. The van der Waals surface area contributed by atoms with Crippen LogP contribution in [-0.4, -0.2) is 41.6 Å². The lowest BCUT2D eigenvalue weighted by Crippen LogP contribution is -2.37. The van der Waals surface area contributed by atoms with Crippen LogP contribution in [0.25, 0.3) is 0 Å². The highest BCUT2D eigenvalue weighted by atomic mass is 32.1. The molecule has 6 nitrogen and oxygen atoms in total. The van der Waals surface area contributed by atoms with Crippen molar-refractivity contribution in [2.75, 3.05) is 26.4 Å². The summed E-state index contributed by atoms with van der Waals surface area (Å²) in [6.07, 6.45) is 0.634. The van der Waals surface area contributed by atoms with Crippen molar-refractivity contribution in [2.24, 2.45) is 0 Å². The van der Waals surface area contributed by atoms with Gasteiger partial charge in [0, 0.05) is 13.0 Å². The van der Waals surface area contributed by atoms with Crippen LogP contribution in [0.3, 0.4) is 0 Å². The van der Waals surface area contributed by atoms with Gasteiger partial charge in [0.25, 0.3) is 0 Å². The van der Waals surface area contributed by atoms with Gasteiger partial charge in [-0.25, -0.2) is 0 Å². The Kier molecular flexibility index (Phi) is 5.46. The number of carbonyl (C=O) groups is 1. The van der Waals surface area contributed by atoms with Gasteiger partial charge in [0.15, 0.2) is 0 Å². The number of hydrogen-bond donors (Lipinski definition) is 2. The number of amides is 1. The number of anilines is 1. The third kappa shape index (κ3) is 4.25. The Morgan fingerprint density at radius 3 is 2.77 bits per heavy atom. The van der Waals surface area contributed by atoms with Crippen LogP contribution in [0.4, 0.5) is 5.13 Å². The van der Waals surface area contributed by atoms with Crippen LogP contribution in [0.5, 0.6) is 0 Å². The van der Waals surface area contributed by atoms with Gasteiger partial charge in [0.1, 0.15) is 11.0 Å². The average Bonchev–Trinajstić information content (AvgIpc) is 2.84. The molecule has 0 aliphatic heterocycles. The number of rotatable bonds is 6. The molecule has 2 aromatic rings. The quantitative estimate of drug-likeness (QED) is 0.840. The van der Waals surface area contributed by atoms with Crippen molar-refractivity contribution in [3.05, 3.63) is 40.4 Å². The summed E-state index contributed by atoms with van der Waals surface area (Å²) in [5.74, 6) is -0.0203. The first-order chi connectivity index (χ1) is 10.5. The Labute approximate surface area is 134 Å². The van der Waals surface area contributed by atoms with Crippen LogP contribution >= 0.6 is 11.3 Å². The van der Waals surface area contributed by atoms with E-state index in [9.17, 15) is 4.79 Å². The predicted octanol–water partition coefficient (Wildman–Crippen LogP) is 1.39. The highest BCUT2D eigenvalue weighted by Gasteiger charge is 2.22. The van der Waals surface area contributed by atoms with E-state index in [0.717, 1.165) is 16.1 Å². The van der Waals surface area contributed by atoms with E-state index in [2.05, 4.69) is 15.5 Å². The summed E-state index contributed by atoms with van der Waals surface area (Å²) in [6.45, 7) is 2.54. The third-order valence-corrected chi connectivity index (χ3v) is 4.06. The Bertz CT molecular complexity index is 640. The highest BCUT2D eigenvalue weighted by Crippen LogP contribution is 2.19. The van der Waals surface area contributed by atoms with Crippen LogP contribution in [0, 0.1) is 6.92 Å². The third-order valence-electron chi connectivity index (χ3n) is 3.24. The molecular weight excluding hydrogens is 298 g/mol. The number of carbonyl (C=O) groups excluding carboxylic acids is 1. The topological polar surface area (TPSA) is 84.1 Å². The summed E-state index contributed by atoms with van der Waals surface area (Å²) < 4.78 is 0. The molecule has 118 valence electrons. The molecule has 3 N–H and O–H groups in total. The van der Waals surface area contributed by atoms with Gasteiger partial charge in [-0.2, -0.15) is 0 Å². The van der Waals surface area contributed by atoms with E-state index in [0.29, 0.717) is 18.1 Å². The molecule has 1 atom stereocenters. The van der Waals surface area contributed by atoms with Crippen molar-refractivity contribution in [1.82, 2.24) is 20.4 Å². The van der Waals surface area contributed by atoms with Crippen LogP contribution in [-0.2, 0) is 11.2 Å². The molecule has 0 unspecified atom stereocenters. The Hall–Kier alpha value is -1.99. The lowest BCUT2D eigenvalue weighted by atomic mass is 10.0. The lowest BCUT2D eigenvalue weighted by molar-refractivity contribution is -0.125. The van der Waals surface area contributed by atoms with Gasteiger partial charge in [0.05, 0.1) is 0 Å². The fourth-order valence-corrected chi connectivity index (χ4v) is 2.89. The van der Waals surface area contributed by atoms with Crippen molar-refractivity contribution in [1.29, 1.82) is 0 Å². The number of aromatic nitrogens is 2. The molecular formula is C15H21N5OS. The number of nitrogen functional groups attached to an aromatic ring is 1. The summed E-state index contributed by atoms with van der Waals surface area (Å²) in [4.78, 5) is 14.4. The monoisotopic (exact) mass is 319 g/mol. The number of nitrogens with two attached hydrogens (primary N) is 1. The van der Waals surface area contributed by atoms with Crippen LogP contribution in [0.2, 0.25) is 0 Å². The summed E-state index contributed by atoms with van der Waals surface area (Å²) in [5, 5.41) is 11.9. The maximum Gasteiger partial charge on any atom is 0.241 e. The van der Waals surface area contributed by atoms with Crippen molar-refractivity contribution >= 4 is 22.4 Å². The second kappa shape index (κ2) is 7.33. The van der Waals surface area contributed by atoms with Gasteiger partial charge in [-0.1, -0.05) is 41.2 Å². The normalized spacial score (nSPS) is 12.4. The number of nitrogens with zero attached hydrogens (tertiary/aromatic N) is 3. The summed E-state index contributed by atoms with van der Waals surface area (Å²) in [6, 6.07) is 7.70. The summed E-state index contributed by atoms with van der Waals surface area (Å²) in [7, 11) is 3.80. The lowest BCUT2D eigenvalue weighted by Gasteiger charge is -2.24. The minimum absolute atomic E-state index is 0.0203. The zero-order chi connectivity index (χ0) is 16.1. The van der Waals surface area contributed by atoms with Crippen molar-refractivity contribution in [2.45, 2.75) is 19.4 Å². The van der Waals surface area contributed by atoms with E-state index in [1.807, 2.05) is 50.2 Å². The Morgan fingerprint density at radius 1 is 1.41 bits per heavy atom. The zero-order valence-corrected chi connectivity index (χ0v) is 13.9. The van der Waals surface area contributed by atoms with E-state index in [1.165, 1.54) is 11.3 Å². The second-order valence-corrected chi connectivity index (χ2v) is 6.45. The molecule has 0 saturated heterocycles. The van der Waals surface area contributed by atoms with Gasteiger partial charge in [-0.15, -0.1) is 10.2 Å². The molecule has 7 heteroatoms. The van der Waals surface area contributed by atoms with E-state index >= 15 is 0 Å². The van der Waals surface area contributed by atoms with Crippen molar-refractivity contribution < 1.29 is 4.79 Å². The van der Waals surface area contributed by atoms with E-state index in [4.69, 9.17) is 5.73 Å².